The fraction of sp³-hybridized carbons (Fsp3) is 0.889. The maximum Gasteiger partial charge on any atom is 0.240 e. The highest BCUT2D eigenvalue weighted by Gasteiger charge is 2.40. The van der Waals surface area contributed by atoms with Crippen molar-refractivity contribution in [3.63, 3.8) is 0 Å². The molecule has 74 valence electrons. The molecule has 2 rings (SSSR count). The Bertz CT molecular complexity index is 214. The van der Waals surface area contributed by atoms with Gasteiger partial charge >= 0.3 is 0 Å². The fourth-order valence-electron chi connectivity index (χ4n) is 2.15. The Morgan fingerprint density at radius 2 is 2.23 bits per heavy atom. The van der Waals surface area contributed by atoms with E-state index in [0.29, 0.717) is 6.04 Å². The number of amides is 1. The van der Waals surface area contributed by atoms with Crippen LogP contribution in [0.4, 0.5) is 0 Å². The van der Waals surface area contributed by atoms with Crippen molar-refractivity contribution < 1.29 is 9.90 Å². The van der Waals surface area contributed by atoms with Crippen molar-refractivity contribution in [1.29, 1.82) is 0 Å². The Labute approximate surface area is 77.9 Å². The second kappa shape index (κ2) is 3.27. The van der Waals surface area contributed by atoms with Gasteiger partial charge in [-0.15, -0.1) is 0 Å². The van der Waals surface area contributed by atoms with Crippen LogP contribution in [0.5, 0.6) is 0 Å². The van der Waals surface area contributed by atoms with E-state index >= 15 is 0 Å². The molecule has 2 fully saturated rings. The topological polar surface area (TPSA) is 52.6 Å². The van der Waals surface area contributed by atoms with Gasteiger partial charge in [0.25, 0.3) is 0 Å². The summed E-state index contributed by atoms with van der Waals surface area (Å²) in [5.74, 6) is 0.208. The molecule has 2 N–H and O–H groups in total. The Hall–Kier alpha value is -0.610. The molecule has 4 nitrogen and oxygen atoms in total. The average molecular weight is 184 g/mol. The van der Waals surface area contributed by atoms with E-state index in [2.05, 4.69) is 5.32 Å². The second-order valence-electron chi connectivity index (χ2n) is 3.94. The van der Waals surface area contributed by atoms with E-state index in [0.717, 1.165) is 25.8 Å². The molecule has 0 aromatic heterocycles. The normalized spacial score (nSPS) is 39.4. The minimum Gasteiger partial charge on any atom is -0.393 e. The molecule has 1 heterocycles. The lowest BCUT2D eigenvalue weighted by molar-refractivity contribution is -0.134. The first-order valence-corrected chi connectivity index (χ1v) is 4.88. The number of nitrogens with one attached hydrogen (secondary N) is 1. The SMILES string of the molecule is CNC1CCN(C2CC(O)C2)C1=O. The summed E-state index contributed by atoms with van der Waals surface area (Å²) in [5, 5.41) is 12.1. The van der Waals surface area contributed by atoms with Crippen molar-refractivity contribution in [3.05, 3.63) is 0 Å². The minimum absolute atomic E-state index is 0.0118. The van der Waals surface area contributed by atoms with E-state index in [1.165, 1.54) is 0 Å². The van der Waals surface area contributed by atoms with Crippen LogP contribution in [0, 0.1) is 0 Å². The number of hydrogen-bond acceptors (Lipinski definition) is 3. The summed E-state index contributed by atoms with van der Waals surface area (Å²) in [6.45, 7) is 0.849. The van der Waals surface area contributed by atoms with Gasteiger partial charge in [0.05, 0.1) is 12.1 Å². The highest BCUT2D eigenvalue weighted by Crippen LogP contribution is 2.28. The summed E-state index contributed by atoms with van der Waals surface area (Å²) in [4.78, 5) is 13.6. The summed E-state index contributed by atoms with van der Waals surface area (Å²) in [7, 11) is 1.82. The molecule has 13 heavy (non-hydrogen) atoms. The Morgan fingerprint density at radius 3 is 2.69 bits per heavy atom. The van der Waals surface area contributed by atoms with Crippen LogP contribution in [0.25, 0.3) is 0 Å². The summed E-state index contributed by atoms with van der Waals surface area (Å²) < 4.78 is 0. The molecule has 0 aromatic carbocycles. The predicted molar refractivity (Wildman–Crippen MR) is 48.2 cm³/mol. The van der Waals surface area contributed by atoms with Crippen molar-refractivity contribution in [1.82, 2.24) is 10.2 Å². The van der Waals surface area contributed by atoms with Gasteiger partial charge in [0, 0.05) is 12.6 Å². The first-order chi connectivity index (χ1) is 6.22. The van der Waals surface area contributed by atoms with Gasteiger partial charge in [-0.3, -0.25) is 4.79 Å². The van der Waals surface area contributed by atoms with Crippen LogP contribution >= 0.6 is 0 Å². The van der Waals surface area contributed by atoms with Gasteiger partial charge < -0.3 is 15.3 Å². The zero-order valence-electron chi connectivity index (χ0n) is 7.86. The van der Waals surface area contributed by atoms with Gasteiger partial charge in [-0.1, -0.05) is 0 Å². The molecule has 2 aliphatic rings. The minimum atomic E-state index is -0.175. The molecule has 1 saturated heterocycles. The number of hydrogen-bond donors (Lipinski definition) is 2. The van der Waals surface area contributed by atoms with Crippen molar-refractivity contribution >= 4 is 5.91 Å². The van der Waals surface area contributed by atoms with Crippen LogP contribution < -0.4 is 5.32 Å². The molecule has 1 unspecified atom stereocenters. The van der Waals surface area contributed by atoms with E-state index < -0.39 is 0 Å². The number of nitrogens with zero attached hydrogens (tertiary/aromatic N) is 1. The van der Waals surface area contributed by atoms with Crippen LogP contribution in [0.2, 0.25) is 0 Å². The zero-order valence-corrected chi connectivity index (χ0v) is 7.86. The number of aliphatic hydroxyl groups is 1. The van der Waals surface area contributed by atoms with Crippen LogP contribution in [0.3, 0.4) is 0 Å². The van der Waals surface area contributed by atoms with Crippen molar-refractivity contribution in [2.45, 2.75) is 37.5 Å². The molecule has 0 spiro atoms. The summed E-state index contributed by atoms with van der Waals surface area (Å²) in [6.07, 6.45) is 2.26. The van der Waals surface area contributed by atoms with Gasteiger partial charge in [-0.2, -0.15) is 0 Å². The summed E-state index contributed by atoms with van der Waals surface area (Å²) in [5.41, 5.74) is 0. The van der Waals surface area contributed by atoms with Crippen molar-refractivity contribution in [3.8, 4) is 0 Å². The Kier molecular flexibility index (Phi) is 2.26. The quantitative estimate of drug-likeness (QED) is 0.598. The lowest BCUT2D eigenvalue weighted by atomic mass is 9.88. The first kappa shape index (κ1) is 8.97. The number of aliphatic hydroxyl groups excluding tert-OH is 1. The largest absolute Gasteiger partial charge is 0.393 e. The summed E-state index contributed by atoms with van der Waals surface area (Å²) >= 11 is 0. The van der Waals surface area contributed by atoms with E-state index in [-0.39, 0.29) is 18.1 Å². The van der Waals surface area contributed by atoms with E-state index in [9.17, 15) is 4.79 Å². The van der Waals surface area contributed by atoms with Crippen molar-refractivity contribution in [2.75, 3.05) is 13.6 Å². The predicted octanol–water partition coefficient (Wildman–Crippen LogP) is -0.670. The monoisotopic (exact) mass is 184 g/mol. The molecule has 1 amide bonds. The standard InChI is InChI=1S/C9H16N2O2/c1-10-8-2-3-11(9(8)13)6-4-7(12)5-6/h6-8,10,12H,2-5H2,1H3. The second-order valence-corrected chi connectivity index (χ2v) is 3.94. The Balaban J connectivity index is 1.92. The Morgan fingerprint density at radius 1 is 1.54 bits per heavy atom. The lowest BCUT2D eigenvalue weighted by Gasteiger charge is -2.38. The third kappa shape index (κ3) is 1.44. The third-order valence-electron chi connectivity index (χ3n) is 3.12. The average Bonchev–Trinajstić information content (AvgIpc) is 2.41. The number of carbonyl (C=O) groups is 1. The summed E-state index contributed by atoms with van der Waals surface area (Å²) in [6, 6.07) is 0.318. The van der Waals surface area contributed by atoms with Crippen LogP contribution in [-0.2, 0) is 4.79 Å². The maximum atomic E-state index is 11.7. The number of likely N-dealkylation sites (N-methyl/N-ethyl adjacent to an activating group) is 1. The molecule has 1 aliphatic heterocycles. The van der Waals surface area contributed by atoms with E-state index in [1.807, 2.05) is 11.9 Å². The smallest absolute Gasteiger partial charge is 0.240 e. The van der Waals surface area contributed by atoms with Gasteiger partial charge in [-0.25, -0.2) is 0 Å². The van der Waals surface area contributed by atoms with E-state index in [1.54, 1.807) is 0 Å². The molecule has 4 heteroatoms. The van der Waals surface area contributed by atoms with Gasteiger partial charge in [0.2, 0.25) is 5.91 Å². The molecule has 0 radical (unpaired) electrons. The molecule has 1 aliphatic carbocycles. The van der Waals surface area contributed by atoms with Gasteiger partial charge in [-0.05, 0) is 26.3 Å². The molecule has 0 aromatic rings. The van der Waals surface area contributed by atoms with Crippen molar-refractivity contribution in [2.24, 2.45) is 0 Å². The third-order valence-corrected chi connectivity index (χ3v) is 3.12. The highest BCUT2D eigenvalue weighted by molar-refractivity contribution is 5.84. The van der Waals surface area contributed by atoms with Crippen LogP contribution in [-0.4, -0.2) is 47.7 Å². The van der Waals surface area contributed by atoms with Crippen LogP contribution in [0.15, 0.2) is 0 Å². The number of carbonyl (C=O) groups excluding carboxylic acids is 1. The molecular formula is C9H16N2O2. The first-order valence-electron chi connectivity index (χ1n) is 4.88. The van der Waals surface area contributed by atoms with Gasteiger partial charge in [0.15, 0.2) is 0 Å². The zero-order chi connectivity index (χ0) is 9.42. The number of rotatable bonds is 2. The highest BCUT2D eigenvalue weighted by atomic mass is 16.3. The maximum absolute atomic E-state index is 11.7. The van der Waals surface area contributed by atoms with Gasteiger partial charge in [0.1, 0.15) is 0 Å². The molecule has 1 saturated carbocycles. The van der Waals surface area contributed by atoms with E-state index in [4.69, 9.17) is 5.11 Å². The molecular weight excluding hydrogens is 168 g/mol. The fourth-order valence-corrected chi connectivity index (χ4v) is 2.15. The lowest BCUT2D eigenvalue weighted by Crippen LogP contribution is -2.49. The number of likely N-dealkylation sites (tertiary alicyclic amines) is 1. The van der Waals surface area contributed by atoms with Crippen LogP contribution in [0.1, 0.15) is 19.3 Å². The molecule has 1 atom stereocenters. The molecule has 0 bridgehead atoms.